The number of likely N-dealkylation sites (tertiary alicyclic amines) is 1. The van der Waals surface area contributed by atoms with Crippen LogP contribution in [0.15, 0.2) is 12.1 Å². The van der Waals surface area contributed by atoms with Crippen molar-refractivity contribution in [3.05, 3.63) is 28.1 Å². The number of nitrogens with one attached hydrogen (secondary N) is 1. The molecular formula is C13H15F4N3O3. The molecule has 1 aromatic rings. The first-order valence-corrected chi connectivity index (χ1v) is 6.77. The molecule has 10 heteroatoms. The third-order valence-corrected chi connectivity index (χ3v) is 3.50. The highest BCUT2D eigenvalue weighted by Crippen LogP contribution is 2.33. The molecule has 1 N–H and O–H groups in total. The smallest absolute Gasteiger partial charge is 0.401 e. The Morgan fingerprint density at radius 3 is 2.74 bits per heavy atom. The molecule has 0 aliphatic carbocycles. The van der Waals surface area contributed by atoms with Crippen LogP contribution in [-0.2, 0) is 0 Å². The van der Waals surface area contributed by atoms with E-state index >= 15 is 0 Å². The zero-order valence-electron chi connectivity index (χ0n) is 12.2. The molecule has 1 fully saturated rings. The lowest BCUT2D eigenvalue weighted by Gasteiger charge is -2.19. The Hall–Kier alpha value is -2.10. The molecule has 1 aromatic carbocycles. The third kappa shape index (κ3) is 4.44. The minimum absolute atomic E-state index is 0.0358. The molecule has 0 radical (unpaired) electrons. The van der Waals surface area contributed by atoms with Gasteiger partial charge in [0.1, 0.15) is 0 Å². The van der Waals surface area contributed by atoms with Crippen LogP contribution < -0.4 is 10.1 Å². The van der Waals surface area contributed by atoms with Crippen molar-refractivity contribution in [3.8, 4) is 5.75 Å². The van der Waals surface area contributed by atoms with Crippen molar-refractivity contribution in [2.45, 2.75) is 18.6 Å². The highest BCUT2D eigenvalue weighted by Gasteiger charge is 2.34. The summed E-state index contributed by atoms with van der Waals surface area (Å²) in [5.41, 5.74) is -0.549. The summed E-state index contributed by atoms with van der Waals surface area (Å²) >= 11 is 0. The predicted molar refractivity (Wildman–Crippen MR) is 74.1 cm³/mol. The lowest BCUT2D eigenvalue weighted by Crippen LogP contribution is -2.34. The van der Waals surface area contributed by atoms with Crippen molar-refractivity contribution in [2.75, 3.05) is 32.1 Å². The van der Waals surface area contributed by atoms with E-state index in [2.05, 4.69) is 5.32 Å². The molecule has 0 bridgehead atoms. The molecular weight excluding hydrogens is 322 g/mol. The lowest BCUT2D eigenvalue weighted by atomic mass is 10.2. The molecule has 6 nitrogen and oxygen atoms in total. The van der Waals surface area contributed by atoms with Crippen molar-refractivity contribution in [1.29, 1.82) is 0 Å². The van der Waals surface area contributed by atoms with Gasteiger partial charge in [0.15, 0.2) is 11.6 Å². The topological polar surface area (TPSA) is 67.6 Å². The molecule has 0 unspecified atom stereocenters. The van der Waals surface area contributed by atoms with Gasteiger partial charge in [-0.25, -0.2) is 4.39 Å². The van der Waals surface area contributed by atoms with E-state index in [1.807, 2.05) is 0 Å². The maximum Gasteiger partial charge on any atom is 0.401 e. The first-order valence-electron chi connectivity index (χ1n) is 6.77. The van der Waals surface area contributed by atoms with E-state index < -0.39 is 29.1 Å². The summed E-state index contributed by atoms with van der Waals surface area (Å²) in [5.74, 6) is -0.976. The van der Waals surface area contributed by atoms with Gasteiger partial charge in [0, 0.05) is 25.2 Å². The Morgan fingerprint density at radius 2 is 2.17 bits per heavy atom. The summed E-state index contributed by atoms with van der Waals surface area (Å²) in [4.78, 5) is 11.2. The van der Waals surface area contributed by atoms with E-state index in [0.717, 1.165) is 12.1 Å². The van der Waals surface area contributed by atoms with Crippen molar-refractivity contribution < 1.29 is 27.2 Å². The normalized spacial score (nSPS) is 18.9. The lowest BCUT2D eigenvalue weighted by molar-refractivity contribution is -0.385. The van der Waals surface area contributed by atoms with Crippen molar-refractivity contribution >= 4 is 11.4 Å². The Morgan fingerprint density at radius 1 is 1.48 bits per heavy atom. The largest absolute Gasteiger partial charge is 0.490 e. The van der Waals surface area contributed by atoms with Gasteiger partial charge < -0.3 is 10.1 Å². The van der Waals surface area contributed by atoms with E-state index in [9.17, 15) is 27.7 Å². The SMILES string of the molecule is COc1cc(N[C@H]2CCN(CC(F)(F)F)C2)c(F)cc1[N+](=O)[O-]. The fourth-order valence-electron chi connectivity index (χ4n) is 2.53. The zero-order valence-corrected chi connectivity index (χ0v) is 12.2. The number of rotatable bonds is 5. The zero-order chi connectivity index (χ0) is 17.2. The van der Waals surface area contributed by atoms with Crippen LogP contribution in [0.4, 0.5) is 28.9 Å². The van der Waals surface area contributed by atoms with Gasteiger partial charge in [-0.05, 0) is 6.42 Å². The van der Waals surface area contributed by atoms with Crippen molar-refractivity contribution in [2.24, 2.45) is 0 Å². The number of nitrogens with zero attached hydrogens (tertiary/aromatic N) is 2. The standard InChI is InChI=1S/C13H15F4N3O3/c1-23-12-5-10(9(14)4-11(12)20(21)22)18-8-2-3-19(6-8)7-13(15,16)17/h4-5,8,18H,2-3,6-7H2,1H3/t8-/m0/s1. The summed E-state index contributed by atoms with van der Waals surface area (Å²) in [6.45, 7) is -0.668. The van der Waals surface area contributed by atoms with Gasteiger partial charge in [-0.3, -0.25) is 15.0 Å². The summed E-state index contributed by atoms with van der Waals surface area (Å²) < 4.78 is 55.8. The van der Waals surface area contributed by atoms with Crippen molar-refractivity contribution in [1.82, 2.24) is 4.90 Å². The number of nitro benzene ring substituents is 1. The fourth-order valence-corrected chi connectivity index (χ4v) is 2.53. The number of benzene rings is 1. The quantitative estimate of drug-likeness (QED) is 0.508. The van der Waals surface area contributed by atoms with Crippen LogP contribution in [0.5, 0.6) is 5.75 Å². The summed E-state index contributed by atoms with van der Waals surface area (Å²) in [6, 6.07) is 1.49. The molecule has 1 aliphatic heterocycles. The van der Waals surface area contributed by atoms with Gasteiger partial charge in [-0.1, -0.05) is 0 Å². The number of hydrogen-bond donors (Lipinski definition) is 1. The fraction of sp³-hybridized carbons (Fsp3) is 0.538. The van der Waals surface area contributed by atoms with Gasteiger partial charge in [0.2, 0.25) is 0 Å². The molecule has 1 heterocycles. The molecule has 2 rings (SSSR count). The molecule has 128 valence electrons. The van der Waals surface area contributed by atoms with E-state index in [4.69, 9.17) is 4.74 Å². The highest BCUT2D eigenvalue weighted by molar-refractivity contribution is 5.59. The maximum atomic E-state index is 13.9. The number of ether oxygens (including phenoxy) is 1. The monoisotopic (exact) mass is 337 g/mol. The average molecular weight is 337 g/mol. The molecule has 0 aromatic heterocycles. The minimum atomic E-state index is -4.28. The molecule has 1 saturated heterocycles. The molecule has 23 heavy (non-hydrogen) atoms. The van der Waals surface area contributed by atoms with E-state index in [0.29, 0.717) is 6.42 Å². The van der Waals surface area contributed by atoms with Gasteiger partial charge in [0.05, 0.1) is 30.3 Å². The Balaban J connectivity index is 2.08. The Kier molecular flexibility index (Phi) is 4.93. The van der Waals surface area contributed by atoms with E-state index in [-0.39, 0.29) is 30.6 Å². The number of hydrogen-bond acceptors (Lipinski definition) is 5. The predicted octanol–water partition coefficient (Wildman–Crippen LogP) is 2.79. The van der Waals surface area contributed by atoms with Crippen LogP contribution in [-0.4, -0.2) is 48.8 Å². The van der Waals surface area contributed by atoms with Crippen LogP contribution in [0.3, 0.4) is 0 Å². The van der Waals surface area contributed by atoms with Gasteiger partial charge >= 0.3 is 11.9 Å². The first kappa shape index (κ1) is 17.3. The number of nitro groups is 1. The second kappa shape index (κ2) is 6.57. The average Bonchev–Trinajstić information content (AvgIpc) is 2.85. The summed E-state index contributed by atoms with van der Waals surface area (Å²) in [5, 5.41) is 13.6. The van der Waals surface area contributed by atoms with Crippen LogP contribution >= 0.6 is 0 Å². The second-order valence-electron chi connectivity index (χ2n) is 5.24. The highest BCUT2D eigenvalue weighted by atomic mass is 19.4. The number of halogens is 4. The van der Waals surface area contributed by atoms with E-state index in [1.165, 1.54) is 12.0 Å². The molecule has 0 saturated carbocycles. The van der Waals surface area contributed by atoms with Gasteiger partial charge in [-0.15, -0.1) is 0 Å². The minimum Gasteiger partial charge on any atom is -0.490 e. The molecule has 1 aliphatic rings. The van der Waals surface area contributed by atoms with Crippen LogP contribution in [0.25, 0.3) is 0 Å². The summed E-state index contributed by atoms with van der Waals surface area (Å²) in [6.07, 6.45) is -3.87. The second-order valence-corrected chi connectivity index (χ2v) is 5.24. The summed E-state index contributed by atoms with van der Waals surface area (Å²) in [7, 11) is 1.21. The third-order valence-electron chi connectivity index (χ3n) is 3.50. The molecule has 0 spiro atoms. The Bertz CT molecular complexity index is 595. The van der Waals surface area contributed by atoms with Gasteiger partial charge in [0.25, 0.3) is 0 Å². The number of alkyl halides is 3. The van der Waals surface area contributed by atoms with Crippen LogP contribution in [0.1, 0.15) is 6.42 Å². The van der Waals surface area contributed by atoms with Crippen molar-refractivity contribution in [3.63, 3.8) is 0 Å². The Labute approximate surface area is 129 Å². The molecule has 0 amide bonds. The van der Waals surface area contributed by atoms with Gasteiger partial charge in [-0.2, -0.15) is 13.2 Å². The number of anilines is 1. The maximum absolute atomic E-state index is 13.9. The van der Waals surface area contributed by atoms with Crippen LogP contribution in [0.2, 0.25) is 0 Å². The first-order chi connectivity index (χ1) is 10.7. The van der Waals surface area contributed by atoms with Crippen LogP contribution in [0, 0.1) is 15.9 Å². The number of methoxy groups -OCH3 is 1. The molecule has 1 atom stereocenters. The van der Waals surface area contributed by atoms with E-state index in [1.54, 1.807) is 0 Å².